The molecule has 8 heteroatoms. The molecule has 0 aliphatic heterocycles. The van der Waals surface area contributed by atoms with Crippen molar-refractivity contribution in [3.05, 3.63) is 40.9 Å². The van der Waals surface area contributed by atoms with E-state index in [0.29, 0.717) is 21.9 Å². The van der Waals surface area contributed by atoms with Crippen molar-refractivity contribution in [2.24, 2.45) is 5.92 Å². The van der Waals surface area contributed by atoms with Gasteiger partial charge in [0.15, 0.2) is 0 Å². The zero-order valence-electron chi connectivity index (χ0n) is 14.5. The van der Waals surface area contributed by atoms with E-state index in [9.17, 15) is 23.2 Å². The van der Waals surface area contributed by atoms with E-state index in [2.05, 4.69) is 16.4 Å². The third-order valence-electron chi connectivity index (χ3n) is 3.64. The van der Waals surface area contributed by atoms with Crippen molar-refractivity contribution in [1.29, 1.82) is 5.26 Å². The van der Waals surface area contributed by atoms with Crippen LogP contribution in [0.4, 0.5) is 13.2 Å². The van der Waals surface area contributed by atoms with Gasteiger partial charge in [0.05, 0.1) is 17.8 Å². The zero-order valence-corrected chi connectivity index (χ0v) is 15.3. The molecule has 1 heterocycles. The van der Waals surface area contributed by atoms with E-state index in [1.807, 2.05) is 13.8 Å². The Morgan fingerprint density at radius 3 is 2.42 bits per heavy atom. The fraction of sp³-hybridized carbons (Fsp3) is 0.389. The third-order valence-corrected chi connectivity index (χ3v) is 4.69. The molecule has 0 spiro atoms. The number of hydrogen-bond donors (Lipinski definition) is 1. The second-order valence-corrected chi connectivity index (χ2v) is 7.63. The lowest BCUT2D eigenvalue weighted by Gasteiger charge is -2.24. The Labute approximate surface area is 153 Å². The van der Waals surface area contributed by atoms with Gasteiger partial charge in [0.25, 0.3) is 5.91 Å². The Hall–Kier alpha value is -2.40. The molecule has 1 unspecified atom stereocenters. The van der Waals surface area contributed by atoms with Crippen molar-refractivity contribution in [3.8, 4) is 16.6 Å². The van der Waals surface area contributed by atoms with E-state index in [1.54, 1.807) is 6.92 Å². The largest absolute Gasteiger partial charge is 0.416 e. The number of thiazole rings is 1. The Morgan fingerprint density at radius 1 is 1.31 bits per heavy atom. The number of aromatic nitrogens is 1. The van der Waals surface area contributed by atoms with Crippen molar-refractivity contribution in [1.82, 2.24) is 10.3 Å². The average Bonchev–Trinajstić information content (AvgIpc) is 3.03. The summed E-state index contributed by atoms with van der Waals surface area (Å²) in [6, 6.07) is 6.71. The van der Waals surface area contributed by atoms with Crippen LogP contribution in [0.25, 0.3) is 10.6 Å². The Kier molecular flexibility index (Phi) is 5.71. The minimum Gasteiger partial charge on any atom is -0.333 e. The lowest BCUT2D eigenvalue weighted by Crippen LogP contribution is -2.45. The second kappa shape index (κ2) is 7.46. The summed E-state index contributed by atoms with van der Waals surface area (Å²) in [5, 5.41) is 12.5. The molecule has 0 fully saturated rings. The summed E-state index contributed by atoms with van der Waals surface area (Å²) in [6.07, 6.45) is -2.54. The fourth-order valence-electron chi connectivity index (χ4n) is 2.57. The van der Waals surface area contributed by atoms with Gasteiger partial charge < -0.3 is 5.32 Å². The Morgan fingerprint density at radius 2 is 1.92 bits per heavy atom. The first-order valence-electron chi connectivity index (χ1n) is 7.91. The van der Waals surface area contributed by atoms with Crippen LogP contribution in [0, 0.1) is 17.2 Å². The van der Waals surface area contributed by atoms with Gasteiger partial charge in [-0.2, -0.15) is 18.4 Å². The molecule has 0 bridgehead atoms. The Balaban J connectivity index is 2.16. The molecule has 0 saturated heterocycles. The summed E-state index contributed by atoms with van der Waals surface area (Å²) in [7, 11) is 0. The van der Waals surface area contributed by atoms with Gasteiger partial charge in [0.1, 0.15) is 15.4 Å². The maximum absolute atomic E-state index is 12.6. The highest BCUT2D eigenvalue weighted by Crippen LogP contribution is 2.32. The van der Waals surface area contributed by atoms with Crippen LogP contribution in [0.1, 0.15) is 42.4 Å². The molecule has 1 amide bonds. The summed E-state index contributed by atoms with van der Waals surface area (Å²) in [5.41, 5.74) is -1.24. The van der Waals surface area contributed by atoms with Crippen LogP contribution >= 0.6 is 11.3 Å². The number of benzene rings is 1. The van der Waals surface area contributed by atoms with E-state index < -0.39 is 23.2 Å². The quantitative estimate of drug-likeness (QED) is 0.802. The summed E-state index contributed by atoms with van der Waals surface area (Å²) in [6.45, 7) is 5.57. The molecule has 0 aliphatic rings. The molecule has 26 heavy (non-hydrogen) atoms. The molecule has 2 rings (SSSR count). The number of nitrogens with zero attached hydrogens (tertiary/aromatic N) is 2. The first-order valence-corrected chi connectivity index (χ1v) is 8.73. The van der Waals surface area contributed by atoms with Crippen LogP contribution in [0.5, 0.6) is 0 Å². The van der Waals surface area contributed by atoms with Crippen molar-refractivity contribution in [2.45, 2.75) is 38.9 Å². The molecule has 2 aromatic rings. The molecule has 1 N–H and O–H groups in total. The van der Waals surface area contributed by atoms with E-state index >= 15 is 0 Å². The van der Waals surface area contributed by atoms with Gasteiger partial charge in [-0.05, 0) is 31.4 Å². The van der Waals surface area contributed by atoms with Crippen LogP contribution in [-0.4, -0.2) is 16.4 Å². The normalized spacial score (nSPS) is 13.9. The molecule has 0 saturated carbocycles. The minimum atomic E-state index is -4.40. The maximum Gasteiger partial charge on any atom is 0.416 e. The first kappa shape index (κ1) is 19.9. The van der Waals surface area contributed by atoms with Crippen molar-refractivity contribution in [2.75, 3.05) is 0 Å². The summed E-state index contributed by atoms with van der Waals surface area (Å²) in [5.74, 6) is -0.200. The number of nitrogens with one attached hydrogen (secondary N) is 1. The van der Waals surface area contributed by atoms with Crippen LogP contribution < -0.4 is 5.32 Å². The van der Waals surface area contributed by atoms with Crippen LogP contribution in [0.2, 0.25) is 0 Å². The van der Waals surface area contributed by atoms with Gasteiger partial charge in [-0.15, -0.1) is 11.3 Å². The smallest absolute Gasteiger partial charge is 0.333 e. The summed E-state index contributed by atoms with van der Waals surface area (Å²) >= 11 is 1.06. The molecule has 0 radical (unpaired) electrons. The zero-order chi connectivity index (χ0) is 19.5. The second-order valence-electron chi connectivity index (χ2n) is 6.60. The highest BCUT2D eigenvalue weighted by molar-refractivity contribution is 7.16. The predicted molar refractivity (Wildman–Crippen MR) is 93.5 cm³/mol. The fourth-order valence-corrected chi connectivity index (χ4v) is 3.38. The molecule has 1 aromatic heterocycles. The number of nitriles is 1. The van der Waals surface area contributed by atoms with E-state index in [0.717, 1.165) is 23.5 Å². The molecular weight excluding hydrogens is 363 g/mol. The summed E-state index contributed by atoms with van der Waals surface area (Å²) in [4.78, 5) is 16.8. The number of carbonyl (C=O) groups excluding carboxylic acids is 1. The third kappa shape index (κ3) is 4.82. The topological polar surface area (TPSA) is 65.8 Å². The molecule has 0 aliphatic carbocycles. The SMILES string of the molecule is CC(C)CC(C)(C#N)NC(=O)c1cnc(-c2ccc(C(F)(F)F)cc2)s1. The standard InChI is InChI=1S/C18H18F3N3OS/c1-11(2)8-17(3,10-22)24-15(25)14-9-23-16(26-14)12-4-6-13(7-5-12)18(19,20)21/h4-7,9,11H,8H2,1-3H3,(H,24,25). The maximum atomic E-state index is 12.6. The highest BCUT2D eigenvalue weighted by atomic mass is 32.1. The van der Waals surface area contributed by atoms with E-state index in [-0.39, 0.29) is 5.92 Å². The van der Waals surface area contributed by atoms with Gasteiger partial charge in [0, 0.05) is 5.56 Å². The number of carbonyl (C=O) groups is 1. The van der Waals surface area contributed by atoms with Crippen LogP contribution in [-0.2, 0) is 6.18 Å². The number of alkyl halides is 3. The molecule has 4 nitrogen and oxygen atoms in total. The number of hydrogen-bond acceptors (Lipinski definition) is 4. The lowest BCUT2D eigenvalue weighted by atomic mass is 9.92. The molecular formula is C18H18F3N3OS. The van der Waals surface area contributed by atoms with Gasteiger partial charge in [-0.3, -0.25) is 4.79 Å². The number of halogens is 3. The monoisotopic (exact) mass is 381 g/mol. The summed E-state index contributed by atoms with van der Waals surface area (Å²) < 4.78 is 37.9. The molecule has 138 valence electrons. The van der Waals surface area contributed by atoms with E-state index in [4.69, 9.17) is 0 Å². The van der Waals surface area contributed by atoms with Gasteiger partial charge in [-0.25, -0.2) is 4.98 Å². The van der Waals surface area contributed by atoms with Crippen molar-refractivity contribution >= 4 is 17.2 Å². The van der Waals surface area contributed by atoms with E-state index in [1.165, 1.54) is 18.3 Å². The molecule has 1 aromatic carbocycles. The minimum absolute atomic E-state index is 0.226. The molecule has 1 atom stereocenters. The van der Waals surface area contributed by atoms with Crippen molar-refractivity contribution in [3.63, 3.8) is 0 Å². The highest BCUT2D eigenvalue weighted by Gasteiger charge is 2.30. The predicted octanol–water partition coefficient (Wildman–Crippen LogP) is 4.89. The van der Waals surface area contributed by atoms with Gasteiger partial charge >= 0.3 is 6.18 Å². The number of amides is 1. The van der Waals surface area contributed by atoms with Crippen molar-refractivity contribution < 1.29 is 18.0 Å². The van der Waals surface area contributed by atoms with Gasteiger partial charge in [0.2, 0.25) is 0 Å². The number of rotatable bonds is 5. The average molecular weight is 381 g/mol. The van der Waals surface area contributed by atoms with Gasteiger partial charge in [-0.1, -0.05) is 26.0 Å². The lowest BCUT2D eigenvalue weighted by molar-refractivity contribution is -0.137. The Bertz CT molecular complexity index is 821. The first-order chi connectivity index (χ1) is 12.0. The van der Waals surface area contributed by atoms with Crippen LogP contribution in [0.3, 0.4) is 0 Å². The van der Waals surface area contributed by atoms with Crippen LogP contribution in [0.15, 0.2) is 30.5 Å².